The number of ether oxygens (including phenoxy) is 2. The van der Waals surface area contributed by atoms with E-state index in [9.17, 15) is 0 Å². The molecule has 1 aromatic rings. The van der Waals surface area contributed by atoms with Crippen LogP contribution in [0.15, 0.2) is 18.2 Å². The van der Waals surface area contributed by atoms with Gasteiger partial charge < -0.3 is 14.8 Å². The van der Waals surface area contributed by atoms with Gasteiger partial charge in [0.2, 0.25) is 0 Å². The van der Waals surface area contributed by atoms with E-state index in [0.29, 0.717) is 0 Å². The van der Waals surface area contributed by atoms with Crippen LogP contribution in [0.25, 0.3) is 0 Å². The van der Waals surface area contributed by atoms with Gasteiger partial charge in [0.1, 0.15) is 6.54 Å². The topological polar surface area (TPSA) is 35.1 Å². The number of quaternary nitrogens is 1. The van der Waals surface area contributed by atoms with Crippen LogP contribution < -0.4 is 14.8 Å². The van der Waals surface area contributed by atoms with Gasteiger partial charge in [0.05, 0.1) is 20.8 Å². The van der Waals surface area contributed by atoms with Gasteiger partial charge in [-0.1, -0.05) is 6.07 Å². The van der Waals surface area contributed by atoms with Gasteiger partial charge in [0.25, 0.3) is 0 Å². The monoisotopic (exact) mass is 220 g/mol. The molecule has 1 aromatic carbocycles. The fourth-order valence-electron chi connectivity index (χ4n) is 1.49. The van der Waals surface area contributed by atoms with Crippen molar-refractivity contribution >= 4 is 0 Å². The summed E-state index contributed by atoms with van der Waals surface area (Å²) in [6, 6.07) is 5.98. The van der Waals surface area contributed by atoms with E-state index in [1.807, 2.05) is 18.2 Å². The van der Waals surface area contributed by atoms with Crippen LogP contribution in [0.1, 0.15) is 5.56 Å². The third-order valence-corrected chi connectivity index (χ3v) is 2.35. The van der Waals surface area contributed by atoms with Crippen LogP contribution in [0.3, 0.4) is 0 Å². The fraction of sp³-hybridized carbons (Fsp3) is 0.385. The molecule has 0 bridgehead atoms. The van der Waals surface area contributed by atoms with Crippen molar-refractivity contribution in [3.63, 3.8) is 0 Å². The van der Waals surface area contributed by atoms with E-state index in [0.717, 1.165) is 31.0 Å². The molecule has 0 aliphatic rings. The molecule has 3 heteroatoms. The molecule has 0 aliphatic carbocycles. The predicted molar refractivity (Wildman–Crippen MR) is 63.7 cm³/mol. The summed E-state index contributed by atoms with van der Waals surface area (Å²) in [7, 11) is 3.28. The first-order valence-electron chi connectivity index (χ1n) is 5.28. The van der Waals surface area contributed by atoms with E-state index in [1.165, 1.54) is 5.56 Å². The second-order valence-corrected chi connectivity index (χ2v) is 3.42. The van der Waals surface area contributed by atoms with Gasteiger partial charge in [-0.25, -0.2) is 0 Å². The quantitative estimate of drug-likeness (QED) is 0.558. The van der Waals surface area contributed by atoms with Crippen molar-refractivity contribution in [2.75, 3.05) is 27.3 Å². The molecule has 0 unspecified atom stereocenters. The summed E-state index contributed by atoms with van der Waals surface area (Å²) < 4.78 is 10.4. The second-order valence-electron chi connectivity index (χ2n) is 3.42. The first-order valence-corrected chi connectivity index (χ1v) is 5.28. The molecular formula is C13H18NO2+. The number of hydrogen-bond donors (Lipinski definition) is 1. The van der Waals surface area contributed by atoms with Gasteiger partial charge in [-0.3, -0.25) is 0 Å². The van der Waals surface area contributed by atoms with Crippen LogP contribution in [0, 0.1) is 12.3 Å². The number of rotatable bonds is 6. The Kier molecular flexibility index (Phi) is 5.24. The molecule has 0 saturated heterocycles. The normalized spacial score (nSPS) is 9.56. The van der Waals surface area contributed by atoms with E-state index in [4.69, 9.17) is 15.9 Å². The summed E-state index contributed by atoms with van der Waals surface area (Å²) in [4.78, 5) is 0. The lowest BCUT2D eigenvalue weighted by atomic mass is 10.1. The minimum Gasteiger partial charge on any atom is -0.493 e. The van der Waals surface area contributed by atoms with Gasteiger partial charge in [-0.15, -0.1) is 6.42 Å². The molecule has 0 radical (unpaired) electrons. The Balaban J connectivity index is 2.58. The van der Waals surface area contributed by atoms with Crippen LogP contribution in [0.4, 0.5) is 0 Å². The Morgan fingerprint density at radius 2 is 2.00 bits per heavy atom. The largest absolute Gasteiger partial charge is 0.493 e. The maximum absolute atomic E-state index is 5.24. The average Bonchev–Trinajstić information content (AvgIpc) is 2.34. The van der Waals surface area contributed by atoms with Crippen LogP contribution in [0.2, 0.25) is 0 Å². The Hall–Kier alpha value is -1.66. The number of methoxy groups -OCH3 is 2. The molecule has 0 amide bonds. The van der Waals surface area contributed by atoms with Crippen LogP contribution in [0.5, 0.6) is 11.5 Å². The summed E-state index contributed by atoms with van der Waals surface area (Å²) in [5, 5.41) is 2.11. The molecule has 86 valence electrons. The van der Waals surface area contributed by atoms with E-state index in [1.54, 1.807) is 14.2 Å². The molecule has 0 saturated carbocycles. The number of hydrogen-bond acceptors (Lipinski definition) is 2. The first kappa shape index (κ1) is 12.4. The highest BCUT2D eigenvalue weighted by atomic mass is 16.5. The van der Waals surface area contributed by atoms with Crippen molar-refractivity contribution in [3.05, 3.63) is 23.8 Å². The zero-order valence-electron chi connectivity index (χ0n) is 9.82. The van der Waals surface area contributed by atoms with Crippen molar-refractivity contribution in [1.82, 2.24) is 0 Å². The zero-order chi connectivity index (χ0) is 11.8. The lowest BCUT2D eigenvalue weighted by Crippen LogP contribution is -2.84. The van der Waals surface area contributed by atoms with Crippen molar-refractivity contribution in [3.8, 4) is 23.8 Å². The highest BCUT2D eigenvalue weighted by molar-refractivity contribution is 5.42. The van der Waals surface area contributed by atoms with Gasteiger partial charge >= 0.3 is 0 Å². The summed E-state index contributed by atoms with van der Waals surface area (Å²) in [5.41, 5.74) is 1.23. The number of terminal acetylenes is 1. The van der Waals surface area contributed by atoms with Crippen LogP contribution in [-0.4, -0.2) is 27.3 Å². The summed E-state index contributed by atoms with van der Waals surface area (Å²) >= 11 is 0. The molecule has 1 rings (SSSR count). The van der Waals surface area contributed by atoms with Gasteiger partial charge in [0.15, 0.2) is 11.5 Å². The molecular weight excluding hydrogens is 202 g/mol. The van der Waals surface area contributed by atoms with E-state index in [-0.39, 0.29) is 0 Å². The molecule has 3 nitrogen and oxygen atoms in total. The Morgan fingerprint density at radius 3 is 2.62 bits per heavy atom. The highest BCUT2D eigenvalue weighted by Gasteiger charge is 2.04. The zero-order valence-corrected chi connectivity index (χ0v) is 9.82. The lowest BCUT2D eigenvalue weighted by molar-refractivity contribution is -0.643. The average molecular weight is 220 g/mol. The third-order valence-electron chi connectivity index (χ3n) is 2.35. The number of nitrogens with two attached hydrogens (primary N) is 1. The Morgan fingerprint density at radius 1 is 1.25 bits per heavy atom. The highest BCUT2D eigenvalue weighted by Crippen LogP contribution is 2.27. The van der Waals surface area contributed by atoms with Crippen LogP contribution in [-0.2, 0) is 6.42 Å². The standard InChI is InChI=1S/C13H17NO2/c1-4-8-14-9-7-11-5-6-12(15-2)13(10-11)16-3/h1,5-6,10,14H,7-9H2,2-3H3/p+1. The molecule has 0 aliphatic heterocycles. The molecule has 0 aromatic heterocycles. The Bertz CT molecular complexity index is 369. The smallest absolute Gasteiger partial charge is 0.160 e. The van der Waals surface area contributed by atoms with Crippen molar-refractivity contribution in [2.45, 2.75) is 6.42 Å². The molecule has 0 spiro atoms. The Labute approximate surface area is 96.8 Å². The molecule has 0 heterocycles. The predicted octanol–water partition coefficient (Wildman–Crippen LogP) is 0.443. The van der Waals surface area contributed by atoms with Crippen molar-refractivity contribution < 1.29 is 14.8 Å². The molecule has 0 atom stereocenters. The third kappa shape index (κ3) is 3.48. The second kappa shape index (κ2) is 6.76. The molecule has 2 N–H and O–H groups in total. The van der Waals surface area contributed by atoms with Crippen LogP contribution >= 0.6 is 0 Å². The van der Waals surface area contributed by atoms with Gasteiger partial charge in [-0.2, -0.15) is 0 Å². The lowest BCUT2D eigenvalue weighted by Gasteiger charge is -2.08. The molecule has 16 heavy (non-hydrogen) atoms. The summed E-state index contributed by atoms with van der Waals surface area (Å²) in [6.07, 6.45) is 6.15. The van der Waals surface area contributed by atoms with E-state index < -0.39 is 0 Å². The van der Waals surface area contributed by atoms with Gasteiger partial charge in [-0.05, 0) is 23.6 Å². The maximum Gasteiger partial charge on any atom is 0.160 e. The fourth-order valence-corrected chi connectivity index (χ4v) is 1.49. The van der Waals surface area contributed by atoms with E-state index in [2.05, 4.69) is 11.2 Å². The first-order chi connectivity index (χ1) is 7.81. The maximum atomic E-state index is 5.24. The number of benzene rings is 1. The van der Waals surface area contributed by atoms with Crippen molar-refractivity contribution in [2.24, 2.45) is 0 Å². The summed E-state index contributed by atoms with van der Waals surface area (Å²) in [5.74, 6) is 4.13. The van der Waals surface area contributed by atoms with Crippen molar-refractivity contribution in [1.29, 1.82) is 0 Å². The van der Waals surface area contributed by atoms with E-state index >= 15 is 0 Å². The minimum atomic E-state index is 0.729. The summed E-state index contributed by atoms with van der Waals surface area (Å²) in [6.45, 7) is 1.72. The minimum absolute atomic E-state index is 0.729. The van der Waals surface area contributed by atoms with Gasteiger partial charge in [0, 0.05) is 6.42 Å². The molecule has 0 fully saturated rings. The SMILES string of the molecule is C#CC[NH2+]CCc1ccc(OC)c(OC)c1.